The molecule has 1 fully saturated rings. The Bertz CT molecular complexity index is 643. The van der Waals surface area contributed by atoms with E-state index in [9.17, 15) is 4.79 Å². The monoisotopic (exact) mass is 353 g/mol. The van der Waals surface area contributed by atoms with Crippen molar-refractivity contribution in [2.75, 3.05) is 19.6 Å². The van der Waals surface area contributed by atoms with Crippen molar-refractivity contribution in [1.82, 2.24) is 25.6 Å². The molecule has 0 spiro atoms. The second kappa shape index (κ2) is 8.33. The summed E-state index contributed by atoms with van der Waals surface area (Å²) in [6.07, 6.45) is 5.69. The first kappa shape index (κ1) is 17.8. The highest BCUT2D eigenvalue weighted by atomic mass is 35.5. The Morgan fingerprint density at radius 3 is 2.91 bits per heavy atom. The van der Waals surface area contributed by atoms with Crippen LogP contribution < -0.4 is 10.6 Å². The van der Waals surface area contributed by atoms with Gasteiger partial charge in [-0.05, 0) is 44.8 Å². The van der Waals surface area contributed by atoms with Gasteiger partial charge in [0.15, 0.2) is 10.8 Å². The van der Waals surface area contributed by atoms with Crippen LogP contribution in [-0.2, 0) is 0 Å². The van der Waals surface area contributed by atoms with Gasteiger partial charge in [-0.1, -0.05) is 0 Å². The van der Waals surface area contributed by atoms with Crippen LogP contribution in [-0.4, -0.2) is 40.5 Å². The zero-order chi connectivity index (χ0) is 15.4. The molecule has 1 aliphatic rings. The van der Waals surface area contributed by atoms with Crippen LogP contribution in [0.3, 0.4) is 0 Å². The van der Waals surface area contributed by atoms with Crippen LogP contribution in [0.25, 0.3) is 10.8 Å². The molecule has 1 atom stereocenters. The second-order valence-electron chi connectivity index (χ2n) is 5.43. The number of hydrogen-bond donors (Lipinski definition) is 2. The first-order chi connectivity index (χ1) is 10.7. The molecule has 1 aliphatic heterocycles. The number of nitrogens with zero attached hydrogens (tertiary/aromatic N) is 3. The van der Waals surface area contributed by atoms with E-state index in [1.54, 1.807) is 18.5 Å². The Labute approximate surface area is 145 Å². The van der Waals surface area contributed by atoms with Gasteiger partial charge in [-0.3, -0.25) is 4.79 Å². The molecule has 8 heteroatoms. The van der Waals surface area contributed by atoms with E-state index in [1.807, 2.05) is 6.92 Å². The number of carbonyl (C=O) groups excluding carboxylic acids is 1. The normalized spacial score (nSPS) is 17.3. The summed E-state index contributed by atoms with van der Waals surface area (Å²) in [6, 6.07) is 1.76. The van der Waals surface area contributed by atoms with Gasteiger partial charge in [-0.2, -0.15) is 0 Å². The average molecular weight is 354 g/mol. The largest absolute Gasteiger partial charge is 0.351 e. The molecule has 3 heterocycles. The van der Waals surface area contributed by atoms with Crippen molar-refractivity contribution in [2.24, 2.45) is 5.92 Å². The van der Waals surface area contributed by atoms with Crippen LogP contribution in [0.2, 0.25) is 0 Å². The number of amides is 1. The number of rotatable bonds is 4. The minimum absolute atomic E-state index is 0. The summed E-state index contributed by atoms with van der Waals surface area (Å²) >= 11 is 1.34. The number of carbonyl (C=O) groups is 1. The van der Waals surface area contributed by atoms with Gasteiger partial charge in [0.25, 0.3) is 5.91 Å². The molecule has 1 saturated heterocycles. The fourth-order valence-corrected chi connectivity index (χ4v) is 3.46. The third kappa shape index (κ3) is 4.46. The Kier molecular flexibility index (Phi) is 6.44. The van der Waals surface area contributed by atoms with Crippen LogP contribution in [0.5, 0.6) is 0 Å². The zero-order valence-corrected chi connectivity index (χ0v) is 14.5. The van der Waals surface area contributed by atoms with Crippen LogP contribution >= 0.6 is 23.7 Å². The Morgan fingerprint density at radius 2 is 2.22 bits per heavy atom. The molecular weight excluding hydrogens is 334 g/mol. The Hall–Kier alpha value is -1.57. The third-order valence-electron chi connectivity index (χ3n) is 3.71. The predicted octanol–water partition coefficient (Wildman–Crippen LogP) is 2.06. The molecule has 0 bridgehead atoms. The molecule has 0 aromatic carbocycles. The van der Waals surface area contributed by atoms with E-state index in [1.165, 1.54) is 17.8 Å². The lowest BCUT2D eigenvalue weighted by molar-refractivity contribution is 0.0948. The number of piperidine rings is 1. The summed E-state index contributed by atoms with van der Waals surface area (Å²) in [5.74, 6) is 1.02. The summed E-state index contributed by atoms with van der Waals surface area (Å²) < 4.78 is 0. The van der Waals surface area contributed by atoms with Gasteiger partial charge in [0.2, 0.25) is 0 Å². The van der Waals surface area contributed by atoms with E-state index in [2.05, 4.69) is 25.6 Å². The molecule has 0 aliphatic carbocycles. The van der Waals surface area contributed by atoms with Crippen molar-refractivity contribution in [3.8, 4) is 10.8 Å². The van der Waals surface area contributed by atoms with E-state index >= 15 is 0 Å². The van der Waals surface area contributed by atoms with E-state index < -0.39 is 0 Å². The van der Waals surface area contributed by atoms with Crippen molar-refractivity contribution in [1.29, 1.82) is 0 Å². The van der Waals surface area contributed by atoms with Crippen LogP contribution in [0.1, 0.15) is 28.2 Å². The van der Waals surface area contributed by atoms with Crippen molar-refractivity contribution in [3.63, 3.8) is 0 Å². The molecular formula is C15H20ClN5OS. The minimum atomic E-state index is -0.0530. The minimum Gasteiger partial charge on any atom is -0.351 e. The Morgan fingerprint density at radius 1 is 1.43 bits per heavy atom. The van der Waals surface area contributed by atoms with Gasteiger partial charge in [-0.25, -0.2) is 15.0 Å². The number of thiazole rings is 1. The lowest BCUT2D eigenvalue weighted by Crippen LogP contribution is -2.38. The number of hydrogen-bond acceptors (Lipinski definition) is 6. The van der Waals surface area contributed by atoms with Gasteiger partial charge in [0.05, 0.1) is 5.69 Å². The predicted molar refractivity (Wildman–Crippen MR) is 93.1 cm³/mol. The van der Waals surface area contributed by atoms with Gasteiger partial charge in [-0.15, -0.1) is 23.7 Å². The molecule has 3 rings (SSSR count). The number of aryl methyl sites for hydroxylation is 1. The molecule has 1 amide bonds. The standard InChI is InChI=1S/C15H19N5OS.ClH/c1-10-12(14(21)19-9-11-4-2-5-16-8-11)22-15(20-10)13-17-6-3-7-18-13;/h3,6-7,11,16H,2,4-5,8-9H2,1H3,(H,19,21);1H. The van der Waals surface area contributed by atoms with E-state index in [0.717, 1.165) is 25.2 Å². The first-order valence-corrected chi connectivity index (χ1v) is 8.29. The summed E-state index contributed by atoms with van der Waals surface area (Å²) in [5.41, 5.74) is 0.728. The zero-order valence-electron chi connectivity index (χ0n) is 12.9. The lowest BCUT2D eigenvalue weighted by atomic mass is 10.00. The average Bonchev–Trinajstić information content (AvgIpc) is 2.96. The first-order valence-electron chi connectivity index (χ1n) is 7.48. The number of halogens is 1. The highest BCUT2D eigenvalue weighted by Crippen LogP contribution is 2.25. The van der Waals surface area contributed by atoms with E-state index in [0.29, 0.717) is 28.2 Å². The molecule has 23 heavy (non-hydrogen) atoms. The summed E-state index contributed by atoms with van der Waals surface area (Å²) in [7, 11) is 0. The number of aromatic nitrogens is 3. The highest BCUT2D eigenvalue weighted by Gasteiger charge is 2.19. The molecule has 2 aromatic rings. The van der Waals surface area contributed by atoms with E-state index in [4.69, 9.17) is 0 Å². The molecule has 6 nitrogen and oxygen atoms in total. The Balaban J connectivity index is 0.00000192. The molecule has 2 aromatic heterocycles. The lowest BCUT2D eigenvalue weighted by Gasteiger charge is -2.22. The highest BCUT2D eigenvalue weighted by molar-refractivity contribution is 7.17. The molecule has 124 valence electrons. The second-order valence-corrected chi connectivity index (χ2v) is 6.43. The van der Waals surface area contributed by atoms with Crippen LogP contribution in [0.15, 0.2) is 18.5 Å². The summed E-state index contributed by atoms with van der Waals surface area (Å²) in [6.45, 7) is 4.62. The van der Waals surface area contributed by atoms with Gasteiger partial charge in [0, 0.05) is 18.9 Å². The van der Waals surface area contributed by atoms with Crippen molar-refractivity contribution in [2.45, 2.75) is 19.8 Å². The van der Waals surface area contributed by atoms with Crippen molar-refractivity contribution >= 4 is 29.7 Å². The maximum absolute atomic E-state index is 12.4. The fourth-order valence-electron chi connectivity index (χ4n) is 2.53. The molecule has 0 radical (unpaired) electrons. The van der Waals surface area contributed by atoms with Crippen LogP contribution in [0.4, 0.5) is 0 Å². The van der Waals surface area contributed by atoms with Gasteiger partial charge >= 0.3 is 0 Å². The van der Waals surface area contributed by atoms with Crippen LogP contribution in [0, 0.1) is 12.8 Å². The van der Waals surface area contributed by atoms with E-state index in [-0.39, 0.29) is 18.3 Å². The van der Waals surface area contributed by atoms with Gasteiger partial charge in [0.1, 0.15) is 4.88 Å². The summed E-state index contributed by atoms with van der Waals surface area (Å²) in [5, 5.41) is 7.07. The maximum Gasteiger partial charge on any atom is 0.263 e. The molecule has 0 saturated carbocycles. The quantitative estimate of drug-likeness (QED) is 0.879. The fraction of sp³-hybridized carbons (Fsp3) is 0.467. The topological polar surface area (TPSA) is 79.8 Å². The van der Waals surface area contributed by atoms with Gasteiger partial charge < -0.3 is 10.6 Å². The third-order valence-corrected chi connectivity index (χ3v) is 4.86. The van der Waals surface area contributed by atoms with Crippen molar-refractivity contribution < 1.29 is 4.79 Å². The van der Waals surface area contributed by atoms with Crippen molar-refractivity contribution in [3.05, 3.63) is 29.0 Å². The molecule has 1 unspecified atom stereocenters. The summed E-state index contributed by atoms with van der Waals surface area (Å²) in [4.78, 5) is 25.8. The smallest absolute Gasteiger partial charge is 0.263 e. The number of nitrogens with one attached hydrogen (secondary N) is 2. The maximum atomic E-state index is 12.4. The molecule has 2 N–H and O–H groups in total. The SMILES string of the molecule is Cc1nc(-c2ncccn2)sc1C(=O)NCC1CCCNC1.Cl.